The number of nitrogens with zero attached hydrogens (tertiary/aromatic N) is 2. The first-order valence-electron chi connectivity index (χ1n) is 7.80. The zero-order chi connectivity index (χ0) is 17.5. The molecular weight excluding hydrogens is 307 g/mol. The van der Waals surface area contributed by atoms with Crippen LogP contribution in [-0.2, 0) is 4.57 Å². The second kappa shape index (κ2) is 9.07. The summed E-state index contributed by atoms with van der Waals surface area (Å²) in [6, 6.07) is 9.33. The van der Waals surface area contributed by atoms with Gasteiger partial charge in [-0.3, -0.25) is 0 Å². The summed E-state index contributed by atoms with van der Waals surface area (Å²) < 4.78 is 23.1. The molecule has 1 aromatic rings. The van der Waals surface area contributed by atoms with Crippen LogP contribution in [0.2, 0.25) is 0 Å². The third-order valence-corrected chi connectivity index (χ3v) is 5.86. The molecule has 0 N–H and O–H groups in total. The number of likely N-dealkylation sites (N-methyl/N-ethyl adjacent to an activating group) is 2. The number of hydrogen-bond donors (Lipinski definition) is 0. The fourth-order valence-electron chi connectivity index (χ4n) is 1.85. The average Bonchev–Trinajstić information content (AvgIpc) is 2.50. The van der Waals surface area contributed by atoms with Gasteiger partial charge in [-0.1, -0.05) is 41.5 Å². The largest absolute Gasteiger partial charge is 0.422 e. The molecule has 4 nitrogen and oxygen atoms in total. The van der Waals surface area contributed by atoms with Crippen molar-refractivity contribution in [2.24, 2.45) is 0 Å². The van der Waals surface area contributed by atoms with Gasteiger partial charge in [-0.2, -0.15) is 0 Å². The van der Waals surface area contributed by atoms with Crippen molar-refractivity contribution in [3.63, 3.8) is 0 Å². The quantitative estimate of drug-likeness (QED) is 0.496. The molecule has 0 aromatic heterocycles. The van der Waals surface area contributed by atoms with Gasteiger partial charge >= 0.3 is 7.67 Å². The van der Waals surface area contributed by atoms with Crippen LogP contribution in [0.15, 0.2) is 53.6 Å². The Balaban J connectivity index is 3.05. The summed E-state index contributed by atoms with van der Waals surface area (Å²) in [6.45, 7) is 9.28. The Kier molecular flexibility index (Phi) is 7.77. The first-order valence-corrected chi connectivity index (χ1v) is 9.33. The fraction of sp³-hybridized carbons (Fsp3) is 0.444. The van der Waals surface area contributed by atoms with Crippen LogP contribution in [0, 0.1) is 0 Å². The van der Waals surface area contributed by atoms with E-state index in [1.165, 1.54) is 11.1 Å². The van der Waals surface area contributed by atoms with Crippen molar-refractivity contribution in [3.8, 4) is 5.75 Å². The van der Waals surface area contributed by atoms with E-state index in [-0.39, 0.29) is 0 Å². The maximum Gasteiger partial charge on any atom is 0.395 e. The summed E-state index contributed by atoms with van der Waals surface area (Å²) in [5, 5.41) is 0. The Labute approximate surface area is 141 Å². The molecule has 0 atom stereocenters. The lowest BCUT2D eigenvalue weighted by Gasteiger charge is -2.33. The van der Waals surface area contributed by atoms with Crippen LogP contribution >= 0.6 is 7.67 Å². The molecular formula is C18H29N2O2P. The van der Waals surface area contributed by atoms with Crippen molar-refractivity contribution in [2.45, 2.75) is 27.7 Å². The van der Waals surface area contributed by atoms with Gasteiger partial charge in [0.05, 0.1) is 0 Å². The Morgan fingerprint density at radius 1 is 0.957 bits per heavy atom. The van der Waals surface area contributed by atoms with Gasteiger partial charge < -0.3 is 4.52 Å². The van der Waals surface area contributed by atoms with Gasteiger partial charge in [0.2, 0.25) is 0 Å². The highest BCUT2D eigenvalue weighted by molar-refractivity contribution is 7.54. The second-order valence-corrected chi connectivity index (χ2v) is 8.67. The molecule has 0 aliphatic heterocycles. The Hall–Kier alpha value is -1.35. The van der Waals surface area contributed by atoms with Gasteiger partial charge in [0.1, 0.15) is 5.75 Å². The Morgan fingerprint density at radius 2 is 1.39 bits per heavy atom. The molecule has 1 rings (SSSR count). The van der Waals surface area contributed by atoms with Crippen LogP contribution in [0.3, 0.4) is 0 Å². The molecule has 0 bridgehead atoms. The number of hydrogen-bond acceptors (Lipinski definition) is 2. The van der Waals surface area contributed by atoms with E-state index in [2.05, 4.69) is 12.2 Å². The third kappa shape index (κ3) is 6.34. The summed E-state index contributed by atoms with van der Waals surface area (Å²) >= 11 is 0. The van der Waals surface area contributed by atoms with Crippen molar-refractivity contribution < 1.29 is 9.09 Å². The summed E-state index contributed by atoms with van der Waals surface area (Å²) in [5.74, 6) is 0.615. The maximum atomic E-state index is 13.6. The maximum absolute atomic E-state index is 13.6. The van der Waals surface area contributed by atoms with Crippen molar-refractivity contribution in [1.29, 1.82) is 0 Å². The molecule has 0 saturated carbocycles. The number of allylic oxidation sites excluding steroid dienone is 2. The smallest absolute Gasteiger partial charge is 0.395 e. The van der Waals surface area contributed by atoms with E-state index >= 15 is 0 Å². The molecule has 128 valence electrons. The Bertz CT molecular complexity index is 558. The van der Waals surface area contributed by atoms with E-state index in [0.717, 1.165) is 0 Å². The molecule has 0 saturated heterocycles. The third-order valence-electron chi connectivity index (χ3n) is 3.36. The zero-order valence-electron chi connectivity index (χ0n) is 15.1. The molecule has 0 heterocycles. The topological polar surface area (TPSA) is 32.8 Å². The number of rotatable bonds is 8. The molecule has 0 aliphatic carbocycles. The van der Waals surface area contributed by atoms with Gasteiger partial charge in [0.25, 0.3) is 0 Å². The fourth-order valence-corrected chi connectivity index (χ4v) is 3.63. The van der Waals surface area contributed by atoms with E-state index in [0.29, 0.717) is 18.8 Å². The molecule has 1 aromatic carbocycles. The van der Waals surface area contributed by atoms with Crippen molar-refractivity contribution >= 4 is 7.67 Å². The molecule has 0 spiro atoms. The van der Waals surface area contributed by atoms with Gasteiger partial charge in [-0.05, 0) is 53.9 Å². The lowest BCUT2D eigenvalue weighted by molar-refractivity contribution is 0.333. The van der Waals surface area contributed by atoms with E-state index in [1.54, 1.807) is 9.34 Å². The van der Waals surface area contributed by atoms with Crippen LogP contribution < -0.4 is 4.52 Å². The van der Waals surface area contributed by atoms with Crippen molar-refractivity contribution in [2.75, 3.05) is 27.2 Å². The molecule has 0 unspecified atom stereocenters. The molecule has 5 heteroatoms. The highest BCUT2D eigenvalue weighted by Gasteiger charge is 2.34. The number of para-hydroxylation sites is 1. The van der Waals surface area contributed by atoms with Crippen molar-refractivity contribution in [1.82, 2.24) is 9.34 Å². The predicted molar refractivity (Wildman–Crippen MR) is 98.8 cm³/mol. The molecule has 23 heavy (non-hydrogen) atoms. The van der Waals surface area contributed by atoms with Gasteiger partial charge in [0, 0.05) is 13.1 Å². The Morgan fingerprint density at radius 3 is 1.78 bits per heavy atom. The van der Waals surface area contributed by atoms with Gasteiger partial charge in [-0.15, -0.1) is 0 Å². The predicted octanol–water partition coefficient (Wildman–Crippen LogP) is 4.97. The highest BCUT2D eigenvalue weighted by Crippen LogP contribution is 2.52. The van der Waals surface area contributed by atoms with E-state index in [1.807, 2.05) is 72.1 Å². The summed E-state index contributed by atoms with van der Waals surface area (Å²) in [5.41, 5.74) is 2.38. The van der Waals surface area contributed by atoms with Crippen LogP contribution in [0.5, 0.6) is 5.75 Å². The van der Waals surface area contributed by atoms with Crippen molar-refractivity contribution in [3.05, 3.63) is 53.6 Å². The van der Waals surface area contributed by atoms with Crippen LogP contribution in [0.25, 0.3) is 0 Å². The van der Waals surface area contributed by atoms with E-state index in [9.17, 15) is 4.57 Å². The highest BCUT2D eigenvalue weighted by atomic mass is 31.2. The lowest BCUT2D eigenvalue weighted by Crippen LogP contribution is -2.30. The van der Waals surface area contributed by atoms with E-state index in [4.69, 9.17) is 4.52 Å². The summed E-state index contributed by atoms with van der Waals surface area (Å²) in [7, 11) is 0.513. The minimum absolute atomic E-state index is 0.575. The first-order chi connectivity index (χ1) is 10.8. The minimum Gasteiger partial charge on any atom is -0.422 e. The zero-order valence-corrected chi connectivity index (χ0v) is 16.0. The average molecular weight is 336 g/mol. The van der Waals surface area contributed by atoms with Crippen LogP contribution in [0.4, 0.5) is 0 Å². The van der Waals surface area contributed by atoms with Gasteiger partial charge in [0.15, 0.2) is 0 Å². The monoisotopic (exact) mass is 336 g/mol. The summed E-state index contributed by atoms with van der Waals surface area (Å²) in [4.78, 5) is 0. The van der Waals surface area contributed by atoms with Crippen LogP contribution in [-0.4, -0.2) is 36.5 Å². The van der Waals surface area contributed by atoms with Crippen LogP contribution in [0.1, 0.15) is 27.7 Å². The first kappa shape index (κ1) is 19.7. The SMILES string of the molecule is CC(C)=CCN(C)P(=O)(Oc1ccccc1)N(C)CC=C(C)C. The molecule has 0 radical (unpaired) electrons. The molecule has 0 fully saturated rings. The molecule has 0 amide bonds. The lowest BCUT2D eigenvalue weighted by atomic mass is 10.3. The number of benzene rings is 1. The normalized spacial score (nSPS) is 11.5. The molecule has 0 aliphatic rings. The standard InChI is InChI=1S/C18H29N2O2P/c1-16(2)12-14-19(5)23(21,20(6)15-13-17(3)4)22-18-10-8-7-9-11-18/h7-13H,14-15H2,1-6H3. The van der Waals surface area contributed by atoms with Gasteiger partial charge in [-0.25, -0.2) is 13.9 Å². The summed E-state index contributed by atoms with van der Waals surface area (Å²) in [6.07, 6.45) is 4.10. The second-order valence-electron chi connectivity index (χ2n) is 6.14. The van der Waals surface area contributed by atoms with E-state index < -0.39 is 7.67 Å². The minimum atomic E-state index is -3.16.